The Hall–Kier alpha value is -0.560. The molecule has 5 nitrogen and oxygen atoms in total. The van der Waals surface area contributed by atoms with Crippen LogP contribution in [0.5, 0.6) is 0 Å². The lowest BCUT2D eigenvalue weighted by Gasteiger charge is -2.05. The Balaban J connectivity index is 2.47. The lowest BCUT2D eigenvalue weighted by atomic mass is 10.5. The summed E-state index contributed by atoms with van der Waals surface area (Å²) in [4.78, 5) is 27.2. The second-order valence-electron chi connectivity index (χ2n) is 3.15. The van der Waals surface area contributed by atoms with Crippen LogP contribution in [0.25, 0.3) is 0 Å². The number of fused-ring (bicyclic) bond motifs is 1. The zero-order valence-electron chi connectivity index (χ0n) is 7.98. The first kappa shape index (κ1) is 10.9. The minimum atomic E-state index is -0.429. The van der Waals surface area contributed by atoms with Gasteiger partial charge in [-0.25, -0.2) is 14.2 Å². The van der Waals surface area contributed by atoms with E-state index in [4.69, 9.17) is 0 Å². The topological polar surface area (TPSA) is 56.9 Å². The lowest BCUT2D eigenvalue weighted by Crippen LogP contribution is -2.41. The summed E-state index contributed by atoms with van der Waals surface area (Å²) in [5, 5.41) is 1.33. The van der Waals surface area contributed by atoms with E-state index in [0.717, 1.165) is 17.5 Å². The van der Waals surface area contributed by atoms with Crippen LogP contribution in [0.3, 0.4) is 0 Å². The van der Waals surface area contributed by atoms with Crippen molar-refractivity contribution in [2.45, 2.75) is 24.7 Å². The molecule has 1 aromatic heterocycles. The van der Waals surface area contributed by atoms with Crippen LogP contribution >= 0.6 is 27.7 Å². The maximum absolute atomic E-state index is 11.8. The van der Waals surface area contributed by atoms with Gasteiger partial charge in [0, 0.05) is 24.2 Å². The number of hydrogen-bond donors (Lipinski definition) is 0. The molecule has 0 amide bonds. The van der Waals surface area contributed by atoms with Crippen LogP contribution < -0.4 is 11.4 Å². The van der Waals surface area contributed by atoms with Crippen LogP contribution in [0.4, 0.5) is 0 Å². The minimum absolute atomic E-state index is 0.226. The number of halogens is 1. The largest absolute Gasteiger partial charge is 0.354 e. The normalized spacial score (nSPS) is 14.2. The molecule has 1 aromatic rings. The van der Waals surface area contributed by atoms with Crippen molar-refractivity contribution in [1.82, 2.24) is 14.1 Å². The molecule has 0 saturated carbocycles. The fraction of sp³-hybridized carbons (Fsp3) is 0.625. The van der Waals surface area contributed by atoms with Gasteiger partial charge < -0.3 is 0 Å². The van der Waals surface area contributed by atoms with Gasteiger partial charge in [0.2, 0.25) is 0 Å². The quantitative estimate of drug-likeness (QED) is 0.752. The van der Waals surface area contributed by atoms with E-state index in [9.17, 15) is 9.59 Å². The molecule has 0 unspecified atom stereocenters. The molecule has 1 aliphatic heterocycles. The lowest BCUT2D eigenvalue weighted by molar-refractivity contribution is 0.506. The van der Waals surface area contributed by atoms with Gasteiger partial charge in [-0.15, -0.1) is 0 Å². The van der Waals surface area contributed by atoms with E-state index < -0.39 is 5.69 Å². The summed E-state index contributed by atoms with van der Waals surface area (Å²) in [6.45, 7) is 1.08. The number of rotatable bonds is 3. The average molecular weight is 292 g/mol. The van der Waals surface area contributed by atoms with E-state index >= 15 is 0 Å². The Morgan fingerprint density at radius 3 is 3.00 bits per heavy atom. The second-order valence-corrected chi connectivity index (χ2v) is 5.01. The van der Waals surface area contributed by atoms with Crippen LogP contribution in [0.2, 0.25) is 0 Å². The number of nitrogens with zero attached hydrogens (tertiary/aromatic N) is 3. The van der Waals surface area contributed by atoms with Gasteiger partial charge in [-0.3, -0.25) is 4.57 Å². The Labute approximate surface area is 98.6 Å². The molecule has 0 aliphatic carbocycles. The SMILES string of the molecule is O=c1nc2n(c(=O)n1CCCBr)CCS2. The Kier molecular flexibility index (Phi) is 3.30. The maximum atomic E-state index is 11.8. The van der Waals surface area contributed by atoms with Crippen LogP contribution in [0.1, 0.15) is 6.42 Å². The molecule has 1 aliphatic rings. The molecule has 15 heavy (non-hydrogen) atoms. The van der Waals surface area contributed by atoms with Crippen LogP contribution in [-0.2, 0) is 13.1 Å². The summed E-state index contributed by atoms with van der Waals surface area (Å²) >= 11 is 4.73. The standard InChI is InChI=1S/C8H10BrN3O2S/c9-2-1-3-11-6(13)10-7-12(8(11)14)4-5-15-7/h1-5H2. The molecule has 0 bridgehead atoms. The molecule has 0 aromatic carbocycles. The molecule has 7 heteroatoms. The molecule has 0 atom stereocenters. The summed E-state index contributed by atoms with van der Waals surface area (Å²) in [7, 11) is 0. The van der Waals surface area contributed by atoms with E-state index in [0.29, 0.717) is 18.2 Å². The van der Waals surface area contributed by atoms with Crippen molar-refractivity contribution in [2.75, 3.05) is 11.1 Å². The van der Waals surface area contributed by atoms with Gasteiger partial charge in [0.05, 0.1) is 0 Å². The molecular formula is C8H10BrN3O2S. The van der Waals surface area contributed by atoms with Gasteiger partial charge in [0.1, 0.15) is 0 Å². The van der Waals surface area contributed by atoms with Gasteiger partial charge in [-0.2, -0.15) is 4.98 Å². The average Bonchev–Trinajstić information content (AvgIpc) is 2.65. The van der Waals surface area contributed by atoms with Crippen molar-refractivity contribution >= 4 is 27.7 Å². The molecule has 0 saturated heterocycles. The van der Waals surface area contributed by atoms with Gasteiger partial charge in [0.15, 0.2) is 5.16 Å². The van der Waals surface area contributed by atoms with Crippen molar-refractivity contribution in [3.8, 4) is 0 Å². The molecule has 0 radical (unpaired) electrons. The molecule has 0 N–H and O–H groups in total. The minimum Gasteiger partial charge on any atom is -0.271 e. The van der Waals surface area contributed by atoms with E-state index in [1.807, 2.05) is 0 Å². The monoisotopic (exact) mass is 291 g/mol. The van der Waals surface area contributed by atoms with E-state index in [2.05, 4.69) is 20.9 Å². The van der Waals surface area contributed by atoms with E-state index in [-0.39, 0.29) is 5.69 Å². The maximum Gasteiger partial charge on any atom is 0.354 e. The van der Waals surface area contributed by atoms with Crippen molar-refractivity contribution in [1.29, 1.82) is 0 Å². The number of aromatic nitrogens is 3. The number of alkyl halides is 1. The third kappa shape index (κ3) is 2.03. The molecule has 0 fully saturated rings. The predicted octanol–water partition coefficient (Wildman–Crippen LogP) is 0.296. The van der Waals surface area contributed by atoms with E-state index in [1.165, 1.54) is 16.3 Å². The first-order chi connectivity index (χ1) is 7.24. The molecule has 2 heterocycles. The van der Waals surface area contributed by atoms with Gasteiger partial charge in [0.25, 0.3) is 0 Å². The Bertz CT molecular complexity index is 482. The van der Waals surface area contributed by atoms with Gasteiger partial charge in [-0.05, 0) is 6.42 Å². The third-order valence-electron chi connectivity index (χ3n) is 2.18. The summed E-state index contributed by atoms with van der Waals surface area (Å²) in [6, 6.07) is 0. The highest BCUT2D eigenvalue weighted by molar-refractivity contribution is 9.09. The zero-order chi connectivity index (χ0) is 10.8. The fourth-order valence-corrected chi connectivity index (χ4v) is 2.63. The first-order valence-corrected chi connectivity index (χ1v) is 6.75. The Morgan fingerprint density at radius 1 is 1.47 bits per heavy atom. The molecular weight excluding hydrogens is 282 g/mol. The molecule has 0 spiro atoms. The summed E-state index contributed by atoms with van der Waals surface area (Å²) in [5.74, 6) is 0.824. The molecule has 2 rings (SSSR count). The van der Waals surface area contributed by atoms with Crippen molar-refractivity contribution in [3.63, 3.8) is 0 Å². The van der Waals surface area contributed by atoms with Crippen LogP contribution in [0, 0.1) is 0 Å². The van der Waals surface area contributed by atoms with Crippen molar-refractivity contribution in [2.24, 2.45) is 0 Å². The summed E-state index contributed by atoms with van der Waals surface area (Å²) in [5.41, 5.74) is -0.655. The van der Waals surface area contributed by atoms with Gasteiger partial charge in [-0.1, -0.05) is 27.7 Å². The predicted molar refractivity (Wildman–Crippen MR) is 61.9 cm³/mol. The van der Waals surface area contributed by atoms with Crippen molar-refractivity contribution in [3.05, 3.63) is 21.0 Å². The third-order valence-corrected chi connectivity index (χ3v) is 3.69. The second kappa shape index (κ2) is 4.52. The van der Waals surface area contributed by atoms with Gasteiger partial charge >= 0.3 is 11.4 Å². The van der Waals surface area contributed by atoms with Crippen molar-refractivity contribution < 1.29 is 0 Å². The van der Waals surface area contributed by atoms with Crippen LogP contribution in [0.15, 0.2) is 14.7 Å². The Morgan fingerprint density at radius 2 is 2.27 bits per heavy atom. The molecule has 82 valence electrons. The number of thioether (sulfide) groups is 1. The fourth-order valence-electron chi connectivity index (χ4n) is 1.45. The first-order valence-electron chi connectivity index (χ1n) is 4.64. The highest BCUT2D eigenvalue weighted by Crippen LogP contribution is 2.18. The smallest absolute Gasteiger partial charge is 0.271 e. The number of hydrogen-bond acceptors (Lipinski definition) is 4. The highest BCUT2D eigenvalue weighted by atomic mass is 79.9. The summed E-state index contributed by atoms with van der Waals surface area (Å²) in [6.07, 6.45) is 0.753. The summed E-state index contributed by atoms with van der Waals surface area (Å²) < 4.78 is 2.77. The zero-order valence-corrected chi connectivity index (χ0v) is 10.4. The highest BCUT2D eigenvalue weighted by Gasteiger charge is 2.17. The van der Waals surface area contributed by atoms with E-state index in [1.54, 1.807) is 4.57 Å². The van der Waals surface area contributed by atoms with Crippen LogP contribution in [-0.4, -0.2) is 25.2 Å².